The zero-order chi connectivity index (χ0) is 16.4. The van der Waals surface area contributed by atoms with Crippen LogP contribution in [0.25, 0.3) is 0 Å². The van der Waals surface area contributed by atoms with E-state index in [1.54, 1.807) is 0 Å². The van der Waals surface area contributed by atoms with Crippen LogP contribution in [0.5, 0.6) is 0 Å². The smallest absolute Gasteiger partial charge is 0.146 e. The maximum absolute atomic E-state index is 11.6. The number of allylic oxidation sites excluding steroid dienone is 2. The first-order valence-corrected chi connectivity index (χ1v) is 9.15. The summed E-state index contributed by atoms with van der Waals surface area (Å²) in [4.78, 5) is 11.6. The van der Waals surface area contributed by atoms with Gasteiger partial charge in [0.2, 0.25) is 0 Å². The SMILES string of the molecule is C[C@@H](CCO)CC[C@@]1(C)[C@H](C)CC[C@]2(C)C(C=O)=CCC[C@H]12. The summed E-state index contributed by atoms with van der Waals surface area (Å²) < 4.78 is 0. The van der Waals surface area contributed by atoms with Crippen LogP contribution in [0.15, 0.2) is 11.6 Å². The number of aliphatic hydroxyl groups excluding tert-OH is 1. The monoisotopic (exact) mass is 306 g/mol. The van der Waals surface area contributed by atoms with E-state index in [9.17, 15) is 4.79 Å². The molecule has 2 aliphatic rings. The molecule has 0 unspecified atom stereocenters. The van der Waals surface area contributed by atoms with E-state index < -0.39 is 0 Å². The lowest BCUT2D eigenvalue weighted by Crippen LogP contribution is -2.50. The number of aldehydes is 1. The van der Waals surface area contributed by atoms with Crippen LogP contribution in [0, 0.1) is 28.6 Å². The van der Waals surface area contributed by atoms with Crippen LogP contribution in [0.3, 0.4) is 0 Å². The van der Waals surface area contributed by atoms with E-state index in [4.69, 9.17) is 5.11 Å². The van der Waals surface area contributed by atoms with Gasteiger partial charge in [-0.1, -0.05) is 40.2 Å². The second kappa shape index (κ2) is 6.86. The van der Waals surface area contributed by atoms with Gasteiger partial charge in [0.15, 0.2) is 0 Å². The largest absolute Gasteiger partial charge is 0.396 e. The molecule has 2 rings (SSSR count). The molecule has 2 nitrogen and oxygen atoms in total. The molecule has 5 atom stereocenters. The molecule has 0 heterocycles. The van der Waals surface area contributed by atoms with Crippen LogP contribution in [-0.2, 0) is 4.79 Å². The molecule has 0 aromatic heterocycles. The van der Waals surface area contributed by atoms with Gasteiger partial charge in [0.25, 0.3) is 0 Å². The third kappa shape index (κ3) is 3.04. The molecule has 0 radical (unpaired) electrons. The molecule has 1 N–H and O–H groups in total. The molecule has 0 aromatic rings. The van der Waals surface area contributed by atoms with Crippen LogP contribution in [0.1, 0.15) is 72.6 Å². The van der Waals surface area contributed by atoms with Crippen molar-refractivity contribution in [1.29, 1.82) is 0 Å². The zero-order valence-corrected chi connectivity index (χ0v) is 14.9. The lowest BCUT2D eigenvalue weighted by molar-refractivity contribution is -0.109. The van der Waals surface area contributed by atoms with Gasteiger partial charge in [-0.3, -0.25) is 4.79 Å². The van der Waals surface area contributed by atoms with Gasteiger partial charge in [-0.25, -0.2) is 0 Å². The minimum atomic E-state index is 0.0848. The highest BCUT2D eigenvalue weighted by molar-refractivity contribution is 5.76. The minimum Gasteiger partial charge on any atom is -0.396 e. The van der Waals surface area contributed by atoms with Crippen molar-refractivity contribution < 1.29 is 9.90 Å². The number of fused-ring (bicyclic) bond motifs is 1. The zero-order valence-electron chi connectivity index (χ0n) is 14.9. The van der Waals surface area contributed by atoms with Gasteiger partial charge in [0.05, 0.1) is 0 Å². The predicted molar refractivity (Wildman–Crippen MR) is 91.6 cm³/mol. The Morgan fingerprint density at radius 3 is 2.73 bits per heavy atom. The van der Waals surface area contributed by atoms with E-state index in [1.807, 2.05) is 0 Å². The van der Waals surface area contributed by atoms with Gasteiger partial charge in [-0.05, 0) is 72.7 Å². The van der Waals surface area contributed by atoms with Crippen molar-refractivity contribution in [2.24, 2.45) is 28.6 Å². The summed E-state index contributed by atoms with van der Waals surface area (Å²) in [6.07, 6.45) is 11.3. The van der Waals surface area contributed by atoms with E-state index >= 15 is 0 Å². The summed E-state index contributed by atoms with van der Waals surface area (Å²) in [5.74, 6) is 1.93. The fourth-order valence-electron chi connectivity index (χ4n) is 5.25. The third-order valence-electron chi connectivity index (χ3n) is 7.19. The number of hydrogen-bond acceptors (Lipinski definition) is 2. The van der Waals surface area contributed by atoms with Crippen LogP contribution in [0.2, 0.25) is 0 Å². The first kappa shape index (κ1) is 17.7. The Bertz CT molecular complexity index is 427. The second-order valence-corrected chi connectivity index (χ2v) is 8.43. The molecule has 0 aliphatic heterocycles. The number of rotatable bonds is 6. The molecule has 2 heteroatoms. The molecule has 1 saturated carbocycles. The highest BCUT2D eigenvalue weighted by Crippen LogP contribution is 2.61. The fourth-order valence-corrected chi connectivity index (χ4v) is 5.25. The van der Waals surface area contributed by atoms with Gasteiger partial charge in [-0.2, -0.15) is 0 Å². The van der Waals surface area contributed by atoms with Gasteiger partial charge in [0, 0.05) is 6.61 Å². The maximum Gasteiger partial charge on any atom is 0.146 e. The van der Waals surface area contributed by atoms with Crippen molar-refractivity contribution >= 4 is 6.29 Å². The average Bonchev–Trinajstić information content (AvgIpc) is 2.49. The molecule has 22 heavy (non-hydrogen) atoms. The van der Waals surface area contributed by atoms with Crippen LogP contribution in [0.4, 0.5) is 0 Å². The molecule has 1 fully saturated rings. The van der Waals surface area contributed by atoms with E-state index in [1.165, 1.54) is 25.7 Å². The normalized spacial score (nSPS) is 39.8. The number of aliphatic hydroxyl groups is 1. The summed E-state index contributed by atoms with van der Waals surface area (Å²) >= 11 is 0. The molecule has 0 bridgehead atoms. The Labute approximate surface area is 136 Å². The molecule has 126 valence electrons. The molecule has 2 aliphatic carbocycles. The van der Waals surface area contributed by atoms with Crippen LogP contribution >= 0.6 is 0 Å². The first-order chi connectivity index (χ1) is 10.4. The van der Waals surface area contributed by atoms with Crippen molar-refractivity contribution in [3.63, 3.8) is 0 Å². The van der Waals surface area contributed by atoms with E-state index in [-0.39, 0.29) is 5.41 Å². The van der Waals surface area contributed by atoms with Gasteiger partial charge in [0.1, 0.15) is 6.29 Å². The summed E-state index contributed by atoms with van der Waals surface area (Å²) in [5, 5.41) is 9.14. The fraction of sp³-hybridized carbons (Fsp3) is 0.850. The average molecular weight is 306 g/mol. The predicted octanol–water partition coefficient (Wildman–Crippen LogP) is 4.76. The van der Waals surface area contributed by atoms with E-state index in [0.717, 1.165) is 37.0 Å². The maximum atomic E-state index is 11.6. The van der Waals surface area contributed by atoms with Crippen molar-refractivity contribution in [2.75, 3.05) is 6.61 Å². The molecule has 0 amide bonds. The number of hydrogen-bond donors (Lipinski definition) is 1. The van der Waals surface area contributed by atoms with Crippen molar-refractivity contribution in [3.8, 4) is 0 Å². The van der Waals surface area contributed by atoms with Gasteiger partial charge in [-0.15, -0.1) is 0 Å². The Kier molecular flexibility index (Phi) is 5.53. The second-order valence-electron chi connectivity index (χ2n) is 8.43. The summed E-state index contributed by atoms with van der Waals surface area (Å²) in [6, 6.07) is 0. The highest BCUT2D eigenvalue weighted by atomic mass is 16.3. The number of carbonyl (C=O) groups excluding carboxylic acids is 1. The quantitative estimate of drug-likeness (QED) is 0.718. The molecular formula is C20H34O2. The van der Waals surface area contributed by atoms with E-state index in [0.29, 0.717) is 23.9 Å². The first-order valence-electron chi connectivity index (χ1n) is 9.15. The van der Waals surface area contributed by atoms with E-state index in [2.05, 4.69) is 33.8 Å². The summed E-state index contributed by atoms with van der Waals surface area (Å²) in [6.45, 7) is 9.77. The summed E-state index contributed by atoms with van der Waals surface area (Å²) in [5.41, 5.74) is 1.46. The Morgan fingerprint density at radius 2 is 2.09 bits per heavy atom. The van der Waals surface area contributed by atoms with Gasteiger partial charge >= 0.3 is 0 Å². The van der Waals surface area contributed by atoms with Crippen molar-refractivity contribution in [1.82, 2.24) is 0 Å². The highest BCUT2D eigenvalue weighted by Gasteiger charge is 2.53. The molecule has 0 spiro atoms. The van der Waals surface area contributed by atoms with Crippen molar-refractivity contribution in [3.05, 3.63) is 11.6 Å². The Balaban J connectivity index is 2.21. The Morgan fingerprint density at radius 1 is 1.36 bits per heavy atom. The lowest BCUT2D eigenvalue weighted by Gasteiger charge is -2.57. The van der Waals surface area contributed by atoms with Crippen molar-refractivity contribution in [2.45, 2.75) is 72.6 Å². The molecule has 0 saturated heterocycles. The van der Waals surface area contributed by atoms with Gasteiger partial charge < -0.3 is 5.11 Å². The summed E-state index contributed by atoms with van der Waals surface area (Å²) in [7, 11) is 0. The topological polar surface area (TPSA) is 37.3 Å². The Hall–Kier alpha value is -0.630. The molecular weight excluding hydrogens is 272 g/mol. The minimum absolute atomic E-state index is 0.0848. The lowest BCUT2D eigenvalue weighted by atomic mass is 9.47. The van der Waals surface area contributed by atoms with Crippen LogP contribution < -0.4 is 0 Å². The number of carbonyl (C=O) groups is 1. The third-order valence-corrected chi connectivity index (χ3v) is 7.19. The molecule has 0 aromatic carbocycles. The van der Waals surface area contributed by atoms with Crippen LogP contribution in [-0.4, -0.2) is 18.0 Å². The standard InChI is InChI=1S/C20H34O2/c1-15(10-13-21)8-11-19(3)16(2)9-12-20(4)17(14-22)6-5-7-18(19)20/h6,14-16,18,21H,5,7-13H2,1-4H3/t15-,16-,18-,19+,20-/m1/s1.